The Morgan fingerprint density at radius 3 is 2.78 bits per heavy atom. The van der Waals surface area contributed by atoms with E-state index in [-0.39, 0.29) is 11.7 Å². The van der Waals surface area contributed by atoms with Gasteiger partial charge >= 0.3 is 0 Å². The second-order valence-electron chi connectivity index (χ2n) is 5.34. The van der Waals surface area contributed by atoms with Crippen LogP contribution in [0.15, 0.2) is 47.6 Å². The molecule has 0 spiro atoms. The molecule has 0 aliphatic heterocycles. The summed E-state index contributed by atoms with van der Waals surface area (Å²) in [5, 5.41) is 12.2. The molecule has 140 valence electrons. The van der Waals surface area contributed by atoms with E-state index in [4.69, 9.17) is 33.8 Å². The van der Waals surface area contributed by atoms with Crippen LogP contribution in [0.2, 0.25) is 10.0 Å². The van der Waals surface area contributed by atoms with E-state index in [1.165, 1.54) is 4.68 Å². The van der Waals surface area contributed by atoms with Crippen LogP contribution in [0, 0.1) is 0 Å². The van der Waals surface area contributed by atoms with E-state index in [9.17, 15) is 4.79 Å². The topological polar surface area (TPSA) is 95.1 Å². The van der Waals surface area contributed by atoms with E-state index < -0.39 is 0 Å². The molecule has 0 saturated heterocycles. The summed E-state index contributed by atoms with van der Waals surface area (Å²) in [5.41, 5.74) is 1.19. The Morgan fingerprint density at radius 2 is 2.04 bits per heavy atom. The van der Waals surface area contributed by atoms with Gasteiger partial charge in [-0.15, -0.1) is 10.2 Å². The Hall–Kier alpha value is -2.42. The minimum Gasteiger partial charge on any atom is -0.495 e. The van der Waals surface area contributed by atoms with Crippen molar-refractivity contribution in [2.45, 2.75) is 5.16 Å². The number of anilines is 1. The number of halogens is 2. The number of hydrogen-bond donors (Lipinski definition) is 2. The summed E-state index contributed by atoms with van der Waals surface area (Å²) >= 11 is 13.2. The summed E-state index contributed by atoms with van der Waals surface area (Å²) in [7, 11) is 1.54. The van der Waals surface area contributed by atoms with E-state index >= 15 is 0 Å². The third kappa shape index (κ3) is 4.47. The quantitative estimate of drug-likeness (QED) is 0.463. The lowest BCUT2D eigenvalue weighted by molar-refractivity contribution is -0.113. The van der Waals surface area contributed by atoms with Crippen LogP contribution >= 0.6 is 35.0 Å². The highest BCUT2D eigenvalue weighted by Gasteiger charge is 2.16. The largest absolute Gasteiger partial charge is 0.495 e. The first-order valence-electron chi connectivity index (χ1n) is 7.71. The minimum absolute atomic E-state index is 0.0989. The van der Waals surface area contributed by atoms with Gasteiger partial charge in [0.05, 0.1) is 23.6 Å². The summed E-state index contributed by atoms with van der Waals surface area (Å²) in [5.74, 6) is 6.89. The number of carbonyl (C=O) groups excluding carboxylic acids is 1. The van der Waals surface area contributed by atoms with Gasteiger partial charge in [0.2, 0.25) is 11.1 Å². The van der Waals surface area contributed by atoms with Crippen molar-refractivity contribution in [1.29, 1.82) is 0 Å². The first-order valence-corrected chi connectivity index (χ1v) is 9.45. The summed E-state index contributed by atoms with van der Waals surface area (Å²) in [6.07, 6.45) is 0. The molecular weight excluding hydrogens is 409 g/mol. The first kappa shape index (κ1) is 19.3. The molecule has 0 bridgehead atoms. The molecule has 10 heteroatoms. The fraction of sp³-hybridized carbons (Fsp3) is 0.118. The number of para-hydroxylation sites is 2. The molecule has 7 nitrogen and oxygen atoms in total. The van der Waals surface area contributed by atoms with Crippen LogP contribution in [0.1, 0.15) is 0 Å². The van der Waals surface area contributed by atoms with Gasteiger partial charge < -0.3 is 15.9 Å². The molecule has 0 unspecified atom stereocenters. The SMILES string of the molecule is COc1ccccc1NC(=O)CSc1nnc(-c2ccc(Cl)cc2Cl)n1N. The number of ether oxygens (including phenoxy) is 1. The van der Waals surface area contributed by atoms with Crippen molar-refractivity contribution in [3.8, 4) is 17.1 Å². The Kier molecular flexibility index (Phi) is 6.10. The molecule has 27 heavy (non-hydrogen) atoms. The number of nitrogen functional groups attached to an aromatic ring is 1. The summed E-state index contributed by atoms with van der Waals surface area (Å²) < 4.78 is 6.50. The minimum atomic E-state index is -0.224. The van der Waals surface area contributed by atoms with Crippen LogP contribution in [0.3, 0.4) is 0 Å². The standard InChI is InChI=1S/C17H15Cl2N5O2S/c1-26-14-5-3-2-4-13(14)21-15(25)9-27-17-23-22-16(24(17)20)11-7-6-10(18)8-12(11)19/h2-8H,9,20H2,1H3,(H,21,25). The van der Waals surface area contributed by atoms with Crippen LogP contribution in [0.4, 0.5) is 5.69 Å². The number of amides is 1. The number of methoxy groups -OCH3 is 1. The molecular formula is C17H15Cl2N5O2S. The highest BCUT2D eigenvalue weighted by molar-refractivity contribution is 7.99. The van der Waals surface area contributed by atoms with Crippen LogP contribution in [-0.4, -0.2) is 33.6 Å². The lowest BCUT2D eigenvalue weighted by Crippen LogP contribution is -2.16. The zero-order valence-electron chi connectivity index (χ0n) is 14.1. The fourth-order valence-electron chi connectivity index (χ4n) is 2.29. The molecule has 0 aliphatic carbocycles. The molecule has 1 aromatic heterocycles. The molecule has 0 radical (unpaired) electrons. The fourth-order valence-corrected chi connectivity index (χ4v) is 3.44. The Bertz CT molecular complexity index is 980. The number of nitrogens with one attached hydrogen (secondary N) is 1. The highest BCUT2D eigenvalue weighted by atomic mass is 35.5. The van der Waals surface area contributed by atoms with Crippen molar-refractivity contribution in [3.63, 3.8) is 0 Å². The van der Waals surface area contributed by atoms with Gasteiger partial charge in [0.25, 0.3) is 0 Å². The summed E-state index contributed by atoms with van der Waals surface area (Å²) in [6, 6.07) is 12.1. The number of thioether (sulfide) groups is 1. The Balaban J connectivity index is 1.68. The van der Waals surface area contributed by atoms with Crippen molar-refractivity contribution >= 4 is 46.6 Å². The van der Waals surface area contributed by atoms with E-state index in [1.54, 1.807) is 37.4 Å². The third-order valence-corrected chi connectivity index (χ3v) is 5.04. The van der Waals surface area contributed by atoms with Crippen LogP contribution < -0.4 is 15.9 Å². The van der Waals surface area contributed by atoms with Crippen molar-refractivity contribution in [2.75, 3.05) is 24.0 Å². The van der Waals surface area contributed by atoms with Gasteiger partial charge in [0.15, 0.2) is 5.82 Å². The van der Waals surface area contributed by atoms with Crippen molar-refractivity contribution < 1.29 is 9.53 Å². The lowest BCUT2D eigenvalue weighted by Gasteiger charge is -2.09. The number of hydrogen-bond acceptors (Lipinski definition) is 6. The molecule has 0 saturated carbocycles. The smallest absolute Gasteiger partial charge is 0.234 e. The monoisotopic (exact) mass is 423 g/mol. The van der Waals surface area contributed by atoms with Gasteiger partial charge in [-0.3, -0.25) is 4.79 Å². The van der Waals surface area contributed by atoms with Gasteiger partial charge in [-0.2, -0.15) is 0 Å². The van der Waals surface area contributed by atoms with Crippen LogP contribution in [0.25, 0.3) is 11.4 Å². The number of nitrogens with two attached hydrogens (primary N) is 1. The van der Waals surface area contributed by atoms with E-state index in [0.29, 0.717) is 38.0 Å². The molecule has 3 aromatic rings. The maximum atomic E-state index is 12.2. The van der Waals surface area contributed by atoms with Gasteiger partial charge in [-0.25, -0.2) is 4.68 Å². The Labute approximate surface area is 169 Å². The van der Waals surface area contributed by atoms with Gasteiger partial charge in [-0.1, -0.05) is 47.1 Å². The normalized spacial score (nSPS) is 10.6. The van der Waals surface area contributed by atoms with Gasteiger partial charge in [0.1, 0.15) is 5.75 Å². The molecule has 2 aromatic carbocycles. The van der Waals surface area contributed by atoms with Crippen LogP contribution in [-0.2, 0) is 4.79 Å². The predicted octanol–water partition coefficient (Wildman–Crippen LogP) is 3.71. The zero-order valence-corrected chi connectivity index (χ0v) is 16.5. The maximum Gasteiger partial charge on any atom is 0.234 e. The molecule has 1 heterocycles. The van der Waals surface area contributed by atoms with E-state index in [0.717, 1.165) is 11.8 Å². The molecule has 3 rings (SSSR count). The summed E-state index contributed by atoms with van der Waals surface area (Å²) in [4.78, 5) is 12.2. The maximum absolute atomic E-state index is 12.2. The number of carbonyl (C=O) groups is 1. The average Bonchev–Trinajstić information content (AvgIpc) is 3.01. The zero-order chi connectivity index (χ0) is 19.4. The van der Waals surface area contributed by atoms with E-state index in [1.807, 2.05) is 12.1 Å². The van der Waals surface area contributed by atoms with Crippen LogP contribution in [0.5, 0.6) is 5.75 Å². The number of rotatable bonds is 6. The first-order chi connectivity index (χ1) is 13.0. The molecule has 0 fully saturated rings. The lowest BCUT2D eigenvalue weighted by atomic mass is 10.2. The number of benzene rings is 2. The van der Waals surface area contributed by atoms with Crippen molar-refractivity contribution in [3.05, 3.63) is 52.5 Å². The summed E-state index contributed by atoms with van der Waals surface area (Å²) in [6.45, 7) is 0. The highest BCUT2D eigenvalue weighted by Crippen LogP contribution is 2.30. The van der Waals surface area contributed by atoms with Gasteiger partial charge in [-0.05, 0) is 30.3 Å². The molecule has 3 N–H and O–H groups in total. The number of aromatic nitrogens is 3. The van der Waals surface area contributed by atoms with E-state index in [2.05, 4.69) is 15.5 Å². The van der Waals surface area contributed by atoms with Crippen molar-refractivity contribution in [1.82, 2.24) is 14.9 Å². The Morgan fingerprint density at radius 1 is 1.26 bits per heavy atom. The second-order valence-corrected chi connectivity index (χ2v) is 7.12. The van der Waals surface area contributed by atoms with Crippen molar-refractivity contribution in [2.24, 2.45) is 0 Å². The predicted molar refractivity (Wildman–Crippen MR) is 108 cm³/mol. The second kappa shape index (κ2) is 8.51. The average molecular weight is 424 g/mol. The molecule has 0 atom stereocenters. The van der Waals surface area contributed by atoms with Gasteiger partial charge in [0, 0.05) is 10.6 Å². The molecule has 0 aliphatic rings. The molecule has 1 amide bonds. The number of nitrogens with zero attached hydrogens (tertiary/aromatic N) is 3. The third-order valence-electron chi connectivity index (χ3n) is 3.55.